The molecule has 0 spiro atoms. The van der Waals surface area contributed by atoms with Crippen molar-refractivity contribution in [1.29, 1.82) is 10.5 Å². The van der Waals surface area contributed by atoms with Crippen molar-refractivity contribution >= 4 is 11.9 Å². The van der Waals surface area contributed by atoms with Gasteiger partial charge in [-0.3, -0.25) is 9.59 Å². The largest absolute Gasteiger partial charge is 0.469 e. The van der Waals surface area contributed by atoms with Crippen LogP contribution in [0.1, 0.15) is 26.2 Å². The third kappa shape index (κ3) is 8.77. The molecule has 0 radical (unpaired) electrons. The van der Waals surface area contributed by atoms with Gasteiger partial charge >= 0.3 is 5.97 Å². The van der Waals surface area contributed by atoms with Gasteiger partial charge in [0.05, 0.1) is 51.7 Å². The van der Waals surface area contributed by atoms with Crippen LogP contribution in [0.15, 0.2) is 0 Å². The molecule has 8 nitrogen and oxygen atoms in total. The molecule has 128 valence electrons. The number of nitrogens with zero attached hydrogens (tertiary/aromatic N) is 3. The summed E-state index contributed by atoms with van der Waals surface area (Å²) in [5, 5.41) is 20.3. The number of carbonyl (C=O) groups is 2. The van der Waals surface area contributed by atoms with Crippen LogP contribution < -0.4 is 5.32 Å². The van der Waals surface area contributed by atoms with E-state index in [1.54, 1.807) is 6.92 Å². The van der Waals surface area contributed by atoms with E-state index < -0.39 is 11.5 Å². The molecule has 0 rings (SSSR count). The van der Waals surface area contributed by atoms with Crippen molar-refractivity contribution in [3.63, 3.8) is 0 Å². The lowest BCUT2D eigenvalue weighted by molar-refractivity contribution is -0.143. The Bertz CT molecular complexity index is 451. The smallest absolute Gasteiger partial charge is 0.307 e. The molecule has 0 saturated heterocycles. The quantitative estimate of drug-likeness (QED) is 0.540. The number of ether oxygens (including phenoxy) is 2. The van der Waals surface area contributed by atoms with Crippen molar-refractivity contribution in [1.82, 2.24) is 10.2 Å². The number of esters is 1. The predicted molar refractivity (Wildman–Crippen MR) is 82.0 cm³/mol. The highest BCUT2D eigenvalue weighted by Gasteiger charge is 2.29. The molecule has 0 aliphatic heterocycles. The van der Waals surface area contributed by atoms with E-state index in [4.69, 9.17) is 15.3 Å². The zero-order chi connectivity index (χ0) is 17.7. The van der Waals surface area contributed by atoms with E-state index in [1.807, 2.05) is 12.1 Å². The standard InChI is InChI=1S/C15H24N4O4/c1-15(12-22-2,10-14(21)23-3)18-11-13(20)19(8-4-6-16)9-5-7-17/h18H,4-5,8-12H2,1-3H3. The van der Waals surface area contributed by atoms with Gasteiger partial charge in [-0.05, 0) is 6.92 Å². The fraction of sp³-hybridized carbons (Fsp3) is 0.733. The van der Waals surface area contributed by atoms with E-state index in [0.717, 1.165) is 0 Å². The molecule has 0 aliphatic rings. The highest BCUT2D eigenvalue weighted by Crippen LogP contribution is 2.11. The molecule has 0 aromatic rings. The van der Waals surface area contributed by atoms with Gasteiger partial charge < -0.3 is 19.7 Å². The van der Waals surface area contributed by atoms with Crippen molar-refractivity contribution in [2.75, 3.05) is 40.5 Å². The fourth-order valence-electron chi connectivity index (χ4n) is 2.01. The lowest BCUT2D eigenvalue weighted by Gasteiger charge is -2.30. The Hall–Kier alpha value is -2.16. The summed E-state index contributed by atoms with van der Waals surface area (Å²) >= 11 is 0. The van der Waals surface area contributed by atoms with Crippen LogP contribution in [0.3, 0.4) is 0 Å². The Labute approximate surface area is 136 Å². The van der Waals surface area contributed by atoms with Crippen LogP contribution in [0, 0.1) is 22.7 Å². The van der Waals surface area contributed by atoms with Crippen LogP contribution in [0.2, 0.25) is 0 Å². The topological polar surface area (TPSA) is 115 Å². The van der Waals surface area contributed by atoms with Gasteiger partial charge in [0.1, 0.15) is 0 Å². The van der Waals surface area contributed by atoms with Gasteiger partial charge in [0, 0.05) is 25.7 Å². The summed E-state index contributed by atoms with van der Waals surface area (Å²) in [6.45, 7) is 2.52. The number of carbonyl (C=O) groups excluding carboxylic acids is 2. The first-order chi connectivity index (χ1) is 10.9. The summed E-state index contributed by atoms with van der Waals surface area (Å²) in [7, 11) is 2.80. The van der Waals surface area contributed by atoms with Gasteiger partial charge in [-0.25, -0.2) is 0 Å². The summed E-state index contributed by atoms with van der Waals surface area (Å²) in [4.78, 5) is 25.2. The fourth-order valence-corrected chi connectivity index (χ4v) is 2.01. The first-order valence-electron chi connectivity index (χ1n) is 7.25. The molecule has 23 heavy (non-hydrogen) atoms. The van der Waals surface area contributed by atoms with Gasteiger partial charge in [0.15, 0.2) is 0 Å². The van der Waals surface area contributed by atoms with E-state index in [0.29, 0.717) is 0 Å². The monoisotopic (exact) mass is 324 g/mol. The Morgan fingerprint density at radius 1 is 1.17 bits per heavy atom. The Morgan fingerprint density at radius 2 is 1.74 bits per heavy atom. The van der Waals surface area contributed by atoms with E-state index >= 15 is 0 Å². The van der Waals surface area contributed by atoms with Gasteiger partial charge in [0.25, 0.3) is 0 Å². The lowest BCUT2D eigenvalue weighted by Crippen LogP contribution is -2.52. The summed E-state index contributed by atoms with van der Waals surface area (Å²) in [6.07, 6.45) is 0.463. The van der Waals surface area contributed by atoms with Crippen molar-refractivity contribution in [3.05, 3.63) is 0 Å². The van der Waals surface area contributed by atoms with Gasteiger partial charge in [-0.1, -0.05) is 0 Å². The maximum absolute atomic E-state index is 12.2. The van der Waals surface area contributed by atoms with Crippen LogP contribution in [-0.4, -0.2) is 62.8 Å². The van der Waals surface area contributed by atoms with Crippen LogP contribution in [0.5, 0.6) is 0 Å². The first-order valence-corrected chi connectivity index (χ1v) is 7.25. The summed E-state index contributed by atoms with van der Waals surface area (Å²) in [6, 6.07) is 3.95. The maximum atomic E-state index is 12.2. The number of methoxy groups -OCH3 is 2. The molecular formula is C15H24N4O4. The Kier molecular flexibility index (Phi) is 10.3. The van der Waals surface area contributed by atoms with Crippen LogP contribution in [-0.2, 0) is 19.1 Å². The lowest BCUT2D eigenvalue weighted by atomic mass is 9.99. The van der Waals surface area contributed by atoms with E-state index in [1.165, 1.54) is 19.1 Å². The number of amides is 1. The maximum Gasteiger partial charge on any atom is 0.307 e. The zero-order valence-corrected chi connectivity index (χ0v) is 13.9. The van der Waals surface area contributed by atoms with Crippen LogP contribution in [0.25, 0.3) is 0 Å². The number of nitriles is 2. The van der Waals surface area contributed by atoms with E-state index in [9.17, 15) is 9.59 Å². The van der Waals surface area contributed by atoms with Crippen LogP contribution >= 0.6 is 0 Å². The highest BCUT2D eigenvalue weighted by atomic mass is 16.5. The second-order valence-electron chi connectivity index (χ2n) is 5.30. The molecule has 0 fully saturated rings. The molecule has 0 saturated carbocycles. The van der Waals surface area contributed by atoms with Crippen molar-refractivity contribution in [2.45, 2.75) is 31.7 Å². The number of hydrogen-bond donors (Lipinski definition) is 1. The molecule has 0 aromatic heterocycles. The summed E-state index contributed by atoms with van der Waals surface area (Å²) < 4.78 is 9.74. The SMILES string of the molecule is COCC(C)(CC(=O)OC)NCC(=O)N(CCC#N)CCC#N. The average molecular weight is 324 g/mol. The van der Waals surface area contributed by atoms with Crippen LogP contribution in [0.4, 0.5) is 0 Å². The molecule has 0 aromatic carbocycles. The number of nitrogens with one attached hydrogen (secondary N) is 1. The summed E-state index contributed by atoms with van der Waals surface area (Å²) in [5.74, 6) is -0.641. The van der Waals surface area contributed by atoms with Gasteiger partial charge in [-0.15, -0.1) is 0 Å². The molecule has 0 heterocycles. The van der Waals surface area contributed by atoms with Crippen molar-refractivity contribution in [2.24, 2.45) is 0 Å². The zero-order valence-electron chi connectivity index (χ0n) is 13.9. The summed E-state index contributed by atoms with van der Waals surface area (Å²) in [5.41, 5.74) is -0.742. The molecule has 0 bridgehead atoms. The Morgan fingerprint density at radius 3 is 2.17 bits per heavy atom. The predicted octanol–water partition coefficient (Wildman–Crippen LogP) is 0.200. The molecular weight excluding hydrogens is 300 g/mol. The second-order valence-corrected chi connectivity index (χ2v) is 5.30. The Balaban J connectivity index is 4.70. The minimum Gasteiger partial charge on any atom is -0.469 e. The average Bonchev–Trinajstić information content (AvgIpc) is 2.53. The van der Waals surface area contributed by atoms with E-state index in [-0.39, 0.29) is 51.4 Å². The van der Waals surface area contributed by atoms with Gasteiger partial charge in [0.2, 0.25) is 5.91 Å². The minimum absolute atomic E-state index is 0.0201. The third-order valence-electron chi connectivity index (χ3n) is 3.23. The van der Waals surface area contributed by atoms with Gasteiger partial charge in [-0.2, -0.15) is 10.5 Å². The molecule has 1 atom stereocenters. The van der Waals surface area contributed by atoms with E-state index in [2.05, 4.69) is 10.1 Å². The molecule has 8 heteroatoms. The third-order valence-corrected chi connectivity index (χ3v) is 3.23. The molecule has 1 unspecified atom stereocenters. The molecule has 1 N–H and O–H groups in total. The van der Waals surface area contributed by atoms with Crippen molar-refractivity contribution < 1.29 is 19.1 Å². The second kappa shape index (κ2) is 11.4. The van der Waals surface area contributed by atoms with Crippen molar-refractivity contribution in [3.8, 4) is 12.1 Å². The number of hydrogen-bond acceptors (Lipinski definition) is 7. The minimum atomic E-state index is -0.742. The molecule has 1 amide bonds. The normalized spacial score (nSPS) is 12.6. The highest BCUT2D eigenvalue weighted by molar-refractivity contribution is 5.78. The molecule has 0 aliphatic carbocycles. The first kappa shape index (κ1) is 20.8. The number of rotatable bonds is 11.